The number of aliphatic hydroxyl groups is 1. The predicted molar refractivity (Wildman–Crippen MR) is 78.6 cm³/mol. The summed E-state index contributed by atoms with van der Waals surface area (Å²) in [6.45, 7) is 2.22. The Bertz CT molecular complexity index is 638. The maximum Gasteiger partial charge on any atom is 0.164 e. The van der Waals surface area contributed by atoms with E-state index in [1.54, 1.807) is 0 Å². The molecular weight excluding hydrogens is 250 g/mol. The van der Waals surface area contributed by atoms with Crippen molar-refractivity contribution < 1.29 is 9.90 Å². The second-order valence-electron chi connectivity index (χ2n) is 5.40. The Kier molecular flexibility index (Phi) is 3.45. The van der Waals surface area contributed by atoms with Gasteiger partial charge in [-0.25, -0.2) is 0 Å². The first-order valence-corrected chi connectivity index (χ1v) is 7.15. The highest BCUT2D eigenvalue weighted by Gasteiger charge is 2.23. The molecule has 104 valence electrons. The van der Waals surface area contributed by atoms with Crippen LogP contribution in [0, 0.1) is 6.92 Å². The maximum atomic E-state index is 12.0. The van der Waals surface area contributed by atoms with Crippen LogP contribution in [-0.4, -0.2) is 22.1 Å². The van der Waals surface area contributed by atoms with Crippen LogP contribution < -0.4 is 0 Å². The highest BCUT2D eigenvalue weighted by molar-refractivity contribution is 5.98. The zero-order valence-electron chi connectivity index (χ0n) is 11.7. The van der Waals surface area contributed by atoms with Gasteiger partial charge in [-0.05, 0) is 49.9 Å². The van der Waals surface area contributed by atoms with E-state index in [0.29, 0.717) is 12.8 Å². The lowest BCUT2D eigenvalue weighted by molar-refractivity contribution is 0.0972. The average molecular weight is 269 g/mol. The minimum absolute atomic E-state index is 0.172. The minimum atomic E-state index is 0.172. The average Bonchev–Trinajstić information content (AvgIpc) is 2.78. The van der Waals surface area contributed by atoms with Gasteiger partial charge < -0.3 is 9.67 Å². The van der Waals surface area contributed by atoms with Crippen molar-refractivity contribution in [1.29, 1.82) is 0 Å². The van der Waals surface area contributed by atoms with Crippen LogP contribution in [0.4, 0.5) is 0 Å². The molecule has 1 heterocycles. The summed E-state index contributed by atoms with van der Waals surface area (Å²) in [5, 5.41) is 8.96. The molecule has 3 rings (SSSR count). The predicted octanol–water partition coefficient (Wildman–Crippen LogP) is 2.84. The third kappa shape index (κ3) is 2.18. The van der Waals surface area contributed by atoms with E-state index in [9.17, 15) is 4.79 Å². The fourth-order valence-corrected chi connectivity index (χ4v) is 3.03. The van der Waals surface area contributed by atoms with Gasteiger partial charge in [0.05, 0.1) is 0 Å². The Morgan fingerprint density at radius 3 is 2.65 bits per heavy atom. The van der Waals surface area contributed by atoms with Gasteiger partial charge in [0, 0.05) is 35.7 Å². The number of fused-ring (bicyclic) bond motifs is 1. The number of aliphatic hydroxyl groups excluding tert-OH is 1. The third-order valence-electron chi connectivity index (χ3n) is 4.00. The SMILES string of the molecule is Cc1cc2c(n1-c1ccc(CCO)cc1)CCCC2=O. The molecule has 2 aromatic rings. The van der Waals surface area contributed by atoms with Crippen LogP contribution >= 0.6 is 0 Å². The Hall–Kier alpha value is -1.87. The lowest BCUT2D eigenvalue weighted by Crippen LogP contribution is -2.12. The Morgan fingerprint density at radius 1 is 1.20 bits per heavy atom. The molecule has 1 N–H and O–H groups in total. The molecular formula is C17H19NO2. The standard InChI is InChI=1S/C17H19NO2/c1-12-11-15-16(3-2-4-17(15)20)18(12)14-7-5-13(6-8-14)9-10-19/h5-8,11,19H,2-4,9-10H2,1H3. The molecule has 0 saturated heterocycles. The van der Waals surface area contributed by atoms with Crippen molar-refractivity contribution in [1.82, 2.24) is 4.57 Å². The number of aryl methyl sites for hydroxylation is 1. The van der Waals surface area contributed by atoms with E-state index in [0.717, 1.165) is 41.0 Å². The van der Waals surface area contributed by atoms with E-state index in [1.807, 2.05) is 25.1 Å². The normalized spacial score (nSPS) is 14.4. The van der Waals surface area contributed by atoms with Gasteiger partial charge in [0.1, 0.15) is 0 Å². The number of hydrogen-bond acceptors (Lipinski definition) is 2. The highest BCUT2D eigenvalue weighted by atomic mass is 16.2. The summed E-state index contributed by atoms with van der Waals surface area (Å²) in [5.74, 6) is 0.269. The second-order valence-corrected chi connectivity index (χ2v) is 5.40. The molecule has 0 amide bonds. The van der Waals surface area contributed by atoms with Gasteiger partial charge in [0.25, 0.3) is 0 Å². The summed E-state index contributed by atoms with van der Waals surface area (Å²) in [4.78, 5) is 12.0. The van der Waals surface area contributed by atoms with Crippen LogP contribution in [0.15, 0.2) is 30.3 Å². The number of Topliss-reactive ketones (excluding diaryl/α,β-unsaturated/α-hetero) is 1. The van der Waals surface area contributed by atoms with Crippen LogP contribution in [0.1, 0.15) is 40.2 Å². The summed E-state index contributed by atoms with van der Waals surface area (Å²) < 4.78 is 2.19. The molecule has 0 atom stereocenters. The van der Waals surface area contributed by atoms with Gasteiger partial charge in [-0.2, -0.15) is 0 Å². The number of carbonyl (C=O) groups is 1. The van der Waals surface area contributed by atoms with Crippen LogP contribution in [0.2, 0.25) is 0 Å². The molecule has 0 radical (unpaired) electrons. The maximum absolute atomic E-state index is 12.0. The van der Waals surface area contributed by atoms with E-state index in [-0.39, 0.29) is 12.4 Å². The molecule has 1 aliphatic rings. The minimum Gasteiger partial charge on any atom is -0.396 e. The zero-order chi connectivity index (χ0) is 14.1. The number of nitrogens with zero attached hydrogens (tertiary/aromatic N) is 1. The molecule has 0 fully saturated rings. The Labute approximate surface area is 118 Å². The summed E-state index contributed by atoms with van der Waals surface area (Å²) in [6.07, 6.45) is 3.26. The van der Waals surface area contributed by atoms with Gasteiger partial charge in [-0.15, -0.1) is 0 Å². The molecule has 0 aliphatic heterocycles. The topological polar surface area (TPSA) is 42.2 Å². The van der Waals surface area contributed by atoms with E-state index in [2.05, 4.69) is 16.7 Å². The fourth-order valence-electron chi connectivity index (χ4n) is 3.03. The van der Waals surface area contributed by atoms with E-state index in [1.165, 1.54) is 0 Å². The molecule has 3 heteroatoms. The van der Waals surface area contributed by atoms with Crippen molar-refractivity contribution in [3.63, 3.8) is 0 Å². The quantitative estimate of drug-likeness (QED) is 0.931. The van der Waals surface area contributed by atoms with Crippen molar-refractivity contribution >= 4 is 5.78 Å². The van der Waals surface area contributed by atoms with Crippen LogP contribution in [0.25, 0.3) is 5.69 Å². The largest absolute Gasteiger partial charge is 0.396 e. The summed E-state index contributed by atoms with van der Waals surface area (Å²) >= 11 is 0. The molecule has 20 heavy (non-hydrogen) atoms. The van der Waals surface area contributed by atoms with Gasteiger partial charge in [-0.1, -0.05) is 12.1 Å². The molecule has 0 saturated carbocycles. The number of benzene rings is 1. The smallest absolute Gasteiger partial charge is 0.164 e. The first-order chi connectivity index (χ1) is 9.70. The molecule has 1 aromatic carbocycles. The number of hydrogen-bond donors (Lipinski definition) is 1. The third-order valence-corrected chi connectivity index (χ3v) is 4.00. The van der Waals surface area contributed by atoms with Gasteiger partial charge in [0.15, 0.2) is 5.78 Å². The van der Waals surface area contributed by atoms with Gasteiger partial charge in [-0.3, -0.25) is 4.79 Å². The van der Waals surface area contributed by atoms with E-state index < -0.39 is 0 Å². The number of ketones is 1. The summed E-state index contributed by atoms with van der Waals surface area (Å²) in [5.41, 5.74) is 5.38. The first kappa shape index (κ1) is 13.1. The molecule has 3 nitrogen and oxygen atoms in total. The van der Waals surface area contributed by atoms with Crippen LogP contribution in [0.5, 0.6) is 0 Å². The highest BCUT2D eigenvalue weighted by Crippen LogP contribution is 2.28. The van der Waals surface area contributed by atoms with Crippen molar-refractivity contribution in [2.24, 2.45) is 0 Å². The molecule has 1 aliphatic carbocycles. The van der Waals surface area contributed by atoms with Gasteiger partial charge in [0.2, 0.25) is 0 Å². The molecule has 1 aromatic heterocycles. The van der Waals surface area contributed by atoms with Gasteiger partial charge >= 0.3 is 0 Å². The molecule has 0 unspecified atom stereocenters. The summed E-state index contributed by atoms with van der Waals surface area (Å²) in [6, 6.07) is 10.2. The first-order valence-electron chi connectivity index (χ1n) is 7.15. The fraction of sp³-hybridized carbons (Fsp3) is 0.353. The van der Waals surface area contributed by atoms with Crippen molar-refractivity contribution in [3.05, 3.63) is 52.8 Å². The molecule has 0 spiro atoms. The van der Waals surface area contributed by atoms with Crippen molar-refractivity contribution in [3.8, 4) is 5.69 Å². The number of rotatable bonds is 3. The second kappa shape index (κ2) is 5.25. The Morgan fingerprint density at radius 2 is 1.95 bits per heavy atom. The van der Waals surface area contributed by atoms with Crippen LogP contribution in [0.3, 0.4) is 0 Å². The monoisotopic (exact) mass is 269 g/mol. The summed E-state index contributed by atoms with van der Waals surface area (Å²) in [7, 11) is 0. The lowest BCUT2D eigenvalue weighted by atomic mass is 9.96. The lowest BCUT2D eigenvalue weighted by Gasteiger charge is -2.16. The van der Waals surface area contributed by atoms with Crippen LogP contribution in [-0.2, 0) is 12.8 Å². The van der Waals surface area contributed by atoms with Crippen molar-refractivity contribution in [2.75, 3.05) is 6.61 Å². The van der Waals surface area contributed by atoms with Crippen molar-refractivity contribution in [2.45, 2.75) is 32.6 Å². The zero-order valence-corrected chi connectivity index (χ0v) is 11.7. The Balaban J connectivity index is 2.03. The molecule has 0 bridgehead atoms. The van der Waals surface area contributed by atoms with E-state index in [4.69, 9.17) is 5.11 Å². The number of aromatic nitrogens is 1. The van der Waals surface area contributed by atoms with E-state index >= 15 is 0 Å². The number of carbonyl (C=O) groups excluding carboxylic acids is 1.